The van der Waals surface area contributed by atoms with Crippen LogP contribution in [-0.2, 0) is 0 Å². The first-order valence-electron chi connectivity index (χ1n) is 5.77. The molecule has 90 valence electrons. The fraction of sp³-hybridized carbons (Fsp3) is 0.385. The Kier molecular flexibility index (Phi) is 3.16. The van der Waals surface area contributed by atoms with Gasteiger partial charge in [0.05, 0.1) is 5.02 Å². The highest BCUT2D eigenvalue weighted by Gasteiger charge is 2.30. The molecule has 2 aliphatic heterocycles. The summed E-state index contributed by atoms with van der Waals surface area (Å²) in [6.45, 7) is 0. The van der Waals surface area contributed by atoms with Crippen LogP contribution < -0.4 is 10.1 Å². The molecule has 1 aromatic carbocycles. The minimum atomic E-state index is 0.286. The molecule has 0 saturated carbocycles. The van der Waals surface area contributed by atoms with E-state index in [-0.39, 0.29) is 6.10 Å². The van der Waals surface area contributed by atoms with Crippen LogP contribution in [0.25, 0.3) is 0 Å². The maximum atomic E-state index is 6.00. The molecule has 0 aromatic heterocycles. The van der Waals surface area contributed by atoms with Crippen molar-refractivity contribution in [3.8, 4) is 5.75 Å². The van der Waals surface area contributed by atoms with E-state index in [4.69, 9.17) is 16.3 Å². The van der Waals surface area contributed by atoms with Crippen LogP contribution in [0.15, 0.2) is 34.8 Å². The summed E-state index contributed by atoms with van der Waals surface area (Å²) in [5, 5.41) is 4.22. The van der Waals surface area contributed by atoms with Gasteiger partial charge in [-0.1, -0.05) is 23.8 Å². The van der Waals surface area contributed by atoms with Crippen LogP contribution in [0, 0.1) is 0 Å². The second-order valence-corrected chi connectivity index (χ2v) is 5.81. The Morgan fingerprint density at radius 2 is 1.94 bits per heavy atom. The number of ether oxygens (including phenoxy) is 1. The van der Waals surface area contributed by atoms with Crippen molar-refractivity contribution < 1.29 is 4.74 Å². The van der Waals surface area contributed by atoms with Gasteiger partial charge in [0.1, 0.15) is 11.9 Å². The predicted octanol–water partition coefficient (Wildman–Crippen LogP) is 3.54. The predicted molar refractivity (Wildman–Crippen MR) is 72.7 cm³/mol. The molecular formula is C13H13BrClNO. The van der Waals surface area contributed by atoms with E-state index in [0.29, 0.717) is 17.1 Å². The monoisotopic (exact) mass is 313 g/mol. The molecule has 1 N–H and O–H groups in total. The quantitative estimate of drug-likeness (QED) is 0.843. The number of fused-ring (bicyclic) bond motifs is 2. The van der Waals surface area contributed by atoms with Crippen LogP contribution in [0.3, 0.4) is 0 Å². The molecule has 1 aromatic rings. The number of nitrogens with one attached hydrogen (secondary N) is 1. The number of hydrogen-bond acceptors (Lipinski definition) is 2. The van der Waals surface area contributed by atoms with Crippen molar-refractivity contribution in [2.45, 2.75) is 31.0 Å². The van der Waals surface area contributed by atoms with Crippen LogP contribution in [0.4, 0.5) is 0 Å². The van der Waals surface area contributed by atoms with E-state index in [1.807, 2.05) is 18.2 Å². The zero-order valence-corrected chi connectivity index (χ0v) is 11.5. The molecule has 4 heteroatoms. The summed E-state index contributed by atoms with van der Waals surface area (Å²) in [4.78, 5) is 0. The van der Waals surface area contributed by atoms with Gasteiger partial charge in [0.15, 0.2) is 0 Å². The fourth-order valence-corrected chi connectivity index (χ4v) is 2.92. The number of piperidine rings is 1. The lowest BCUT2D eigenvalue weighted by molar-refractivity contribution is 0.142. The van der Waals surface area contributed by atoms with Gasteiger partial charge in [0, 0.05) is 29.4 Å². The van der Waals surface area contributed by atoms with Crippen molar-refractivity contribution in [3.63, 3.8) is 0 Å². The Hall–Kier alpha value is -0.510. The van der Waals surface area contributed by atoms with Gasteiger partial charge in [-0.05, 0) is 34.1 Å². The van der Waals surface area contributed by atoms with Gasteiger partial charge in [-0.25, -0.2) is 0 Å². The minimum Gasteiger partial charge on any atom is -0.490 e. The molecule has 0 spiro atoms. The highest BCUT2D eigenvalue weighted by molar-refractivity contribution is 9.10. The normalized spacial score (nSPS) is 30.6. The van der Waals surface area contributed by atoms with Gasteiger partial charge in [0.2, 0.25) is 0 Å². The number of rotatable bonds is 2. The van der Waals surface area contributed by atoms with E-state index in [1.165, 1.54) is 0 Å². The lowest BCUT2D eigenvalue weighted by Crippen LogP contribution is -2.43. The lowest BCUT2D eigenvalue weighted by Gasteiger charge is -2.29. The standard InChI is InChI=1S/C13H13BrClNO/c14-12-7-10(3-4-13(12)15)17-11-5-8-1-2-9(6-11)16-8/h1-4,7-9,11,16H,5-6H2/t8-,9+,11?. The summed E-state index contributed by atoms with van der Waals surface area (Å²) in [5.74, 6) is 0.882. The van der Waals surface area contributed by atoms with Gasteiger partial charge < -0.3 is 10.1 Å². The van der Waals surface area contributed by atoms with E-state index < -0.39 is 0 Å². The van der Waals surface area contributed by atoms with Gasteiger partial charge in [0.25, 0.3) is 0 Å². The largest absolute Gasteiger partial charge is 0.490 e. The highest BCUT2D eigenvalue weighted by atomic mass is 79.9. The summed E-state index contributed by atoms with van der Waals surface area (Å²) in [7, 11) is 0. The lowest BCUT2D eigenvalue weighted by atomic mass is 10.0. The molecule has 17 heavy (non-hydrogen) atoms. The molecule has 0 radical (unpaired) electrons. The first kappa shape index (κ1) is 11.6. The zero-order valence-electron chi connectivity index (χ0n) is 9.20. The summed E-state index contributed by atoms with van der Waals surface area (Å²) in [6, 6.07) is 6.67. The van der Waals surface area contributed by atoms with Crippen LogP contribution in [0.5, 0.6) is 5.75 Å². The molecule has 3 rings (SSSR count). The summed E-state index contributed by atoms with van der Waals surface area (Å²) in [6.07, 6.45) is 6.84. The molecular weight excluding hydrogens is 302 g/mol. The number of hydrogen-bond donors (Lipinski definition) is 1. The van der Waals surface area contributed by atoms with Gasteiger partial charge >= 0.3 is 0 Å². The van der Waals surface area contributed by atoms with Crippen LogP contribution in [0.2, 0.25) is 5.02 Å². The molecule has 2 bridgehead atoms. The van der Waals surface area contributed by atoms with Crippen molar-refractivity contribution in [3.05, 3.63) is 39.8 Å². The van der Waals surface area contributed by atoms with Gasteiger partial charge in [-0.2, -0.15) is 0 Å². The van der Waals surface area contributed by atoms with Crippen molar-refractivity contribution in [1.29, 1.82) is 0 Å². The van der Waals surface area contributed by atoms with Crippen LogP contribution in [0.1, 0.15) is 12.8 Å². The van der Waals surface area contributed by atoms with Gasteiger partial charge in [-0.3, -0.25) is 0 Å². The maximum Gasteiger partial charge on any atom is 0.120 e. The van der Waals surface area contributed by atoms with E-state index in [2.05, 4.69) is 33.4 Å². The summed E-state index contributed by atoms with van der Waals surface area (Å²) in [5.41, 5.74) is 0. The molecule has 0 aliphatic carbocycles. The van der Waals surface area contributed by atoms with Crippen molar-refractivity contribution in [2.24, 2.45) is 0 Å². The Bertz CT molecular complexity index is 449. The number of benzene rings is 1. The second kappa shape index (κ2) is 4.63. The molecule has 2 aliphatic rings. The van der Waals surface area contributed by atoms with E-state index in [1.54, 1.807) is 0 Å². The zero-order chi connectivity index (χ0) is 11.8. The average Bonchev–Trinajstić information content (AvgIpc) is 2.64. The van der Waals surface area contributed by atoms with Crippen molar-refractivity contribution >= 4 is 27.5 Å². The molecule has 1 fully saturated rings. The fourth-order valence-electron chi connectivity index (χ4n) is 2.45. The SMILES string of the molecule is Clc1ccc(OC2C[C@H]3C=C[C@@H](C2)N3)cc1Br. The molecule has 1 saturated heterocycles. The highest BCUT2D eigenvalue weighted by Crippen LogP contribution is 2.30. The summed E-state index contributed by atoms with van der Waals surface area (Å²) >= 11 is 9.37. The van der Waals surface area contributed by atoms with E-state index >= 15 is 0 Å². The Balaban J connectivity index is 1.69. The van der Waals surface area contributed by atoms with E-state index in [0.717, 1.165) is 23.1 Å². The second-order valence-electron chi connectivity index (χ2n) is 4.55. The molecule has 2 nitrogen and oxygen atoms in total. The third kappa shape index (κ3) is 2.51. The van der Waals surface area contributed by atoms with Gasteiger partial charge in [-0.15, -0.1) is 0 Å². The first-order valence-corrected chi connectivity index (χ1v) is 6.94. The first-order chi connectivity index (χ1) is 8.20. The van der Waals surface area contributed by atoms with E-state index in [9.17, 15) is 0 Å². The molecule has 0 amide bonds. The Morgan fingerprint density at radius 3 is 2.59 bits per heavy atom. The minimum absolute atomic E-state index is 0.286. The third-order valence-corrected chi connectivity index (χ3v) is 4.45. The topological polar surface area (TPSA) is 21.3 Å². The van der Waals surface area contributed by atoms with Crippen LogP contribution in [-0.4, -0.2) is 18.2 Å². The smallest absolute Gasteiger partial charge is 0.120 e. The Labute approximate surface area is 114 Å². The molecule has 3 atom stereocenters. The third-order valence-electron chi connectivity index (χ3n) is 3.23. The number of halogens is 2. The van der Waals surface area contributed by atoms with Crippen LogP contribution >= 0.6 is 27.5 Å². The Morgan fingerprint density at radius 1 is 1.24 bits per heavy atom. The van der Waals surface area contributed by atoms with Crippen molar-refractivity contribution in [1.82, 2.24) is 5.32 Å². The summed E-state index contributed by atoms with van der Waals surface area (Å²) < 4.78 is 6.88. The average molecular weight is 315 g/mol. The maximum absolute atomic E-state index is 6.00. The molecule has 1 unspecified atom stereocenters. The van der Waals surface area contributed by atoms with Crippen molar-refractivity contribution in [2.75, 3.05) is 0 Å². The molecule has 2 heterocycles.